The number of aliphatic carboxylic acids is 1. The molecule has 9 heavy (non-hydrogen) atoms. The molecule has 0 spiro atoms. The summed E-state index contributed by atoms with van der Waals surface area (Å²) in [7, 11) is 3.25. The van der Waals surface area contributed by atoms with Crippen molar-refractivity contribution in [2.45, 2.75) is 6.42 Å². The maximum Gasteiger partial charge on any atom is 0.0426 e. The van der Waals surface area contributed by atoms with Crippen LogP contribution in [0.2, 0.25) is 0 Å². The van der Waals surface area contributed by atoms with Crippen LogP contribution in [-0.4, -0.2) is 26.7 Å². The van der Waals surface area contributed by atoms with Crippen LogP contribution in [-0.2, 0) is 9.53 Å². The number of nitrogens with two attached hydrogens (primary N) is 1. The number of carboxylic acids is 1. The number of carbonyl (C=O) groups excluding carboxylic acids is 1. The van der Waals surface area contributed by atoms with Crippen molar-refractivity contribution < 1.29 is 14.6 Å². The molecular weight excluding hydrogens is 122 g/mol. The summed E-state index contributed by atoms with van der Waals surface area (Å²) in [5.41, 5.74) is 4.81. The van der Waals surface area contributed by atoms with Crippen LogP contribution in [0.1, 0.15) is 6.42 Å². The van der Waals surface area contributed by atoms with Gasteiger partial charge in [-0.3, -0.25) is 0 Å². The number of methoxy groups -OCH3 is 1. The van der Waals surface area contributed by atoms with E-state index in [1.165, 1.54) is 0 Å². The van der Waals surface area contributed by atoms with Crippen molar-refractivity contribution in [3.8, 4) is 0 Å². The molecule has 0 aromatic rings. The van der Waals surface area contributed by atoms with Crippen LogP contribution in [0.25, 0.3) is 0 Å². The van der Waals surface area contributed by atoms with E-state index < -0.39 is 5.97 Å². The number of rotatable bonds is 2. The highest BCUT2D eigenvalue weighted by molar-refractivity contribution is 5.64. The maximum atomic E-state index is 9.41. The van der Waals surface area contributed by atoms with Gasteiger partial charge in [-0.05, 0) is 13.0 Å². The van der Waals surface area contributed by atoms with Gasteiger partial charge < -0.3 is 20.4 Å². The van der Waals surface area contributed by atoms with Crippen LogP contribution in [0.4, 0.5) is 0 Å². The average molecular weight is 134 g/mol. The summed E-state index contributed by atoms with van der Waals surface area (Å²) in [6, 6.07) is 0. The molecule has 0 saturated carbocycles. The van der Waals surface area contributed by atoms with Crippen molar-refractivity contribution >= 4 is 5.97 Å². The zero-order valence-corrected chi connectivity index (χ0v) is 5.72. The number of hydrogen-bond acceptors (Lipinski definition) is 4. The predicted octanol–water partition coefficient (Wildman–Crippen LogP) is -1.65. The predicted molar refractivity (Wildman–Crippen MR) is 31.6 cm³/mol. The third-order valence-electron chi connectivity index (χ3n) is 0.348. The lowest BCUT2D eigenvalue weighted by Crippen LogP contribution is -2.24. The number of carboxylic acid groups (broad SMARTS) is 1. The molecule has 4 heteroatoms. The van der Waals surface area contributed by atoms with Crippen molar-refractivity contribution in [2.24, 2.45) is 5.73 Å². The van der Waals surface area contributed by atoms with Gasteiger partial charge >= 0.3 is 0 Å². The fraction of sp³-hybridized carbons (Fsp3) is 0.800. The van der Waals surface area contributed by atoms with Crippen LogP contribution in [0.15, 0.2) is 0 Å². The Hall–Kier alpha value is -0.610. The van der Waals surface area contributed by atoms with E-state index in [4.69, 9.17) is 5.73 Å². The van der Waals surface area contributed by atoms with Crippen molar-refractivity contribution in [1.82, 2.24) is 0 Å². The van der Waals surface area contributed by atoms with E-state index in [2.05, 4.69) is 4.74 Å². The smallest absolute Gasteiger partial charge is 0.0426 e. The summed E-state index contributed by atoms with van der Waals surface area (Å²) in [5.74, 6) is -1.09. The molecule has 0 aromatic carbocycles. The first-order chi connectivity index (χ1) is 4.18. The third-order valence-corrected chi connectivity index (χ3v) is 0.348. The third kappa shape index (κ3) is 37.6. The van der Waals surface area contributed by atoms with Gasteiger partial charge in [0.25, 0.3) is 0 Å². The highest BCUT2D eigenvalue weighted by Crippen LogP contribution is 1.62. The molecule has 0 fully saturated rings. The molecule has 0 bridgehead atoms. The summed E-state index contributed by atoms with van der Waals surface area (Å²) < 4.78 is 4.25. The SMILES string of the molecule is COC.NCCC(=O)[O-]. The van der Waals surface area contributed by atoms with Crippen molar-refractivity contribution in [3.63, 3.8) is 0 Å². The van der Waals surface area contributed by atoms with Gasteiger partial charge in [-0.25, -0.2) is 0 Å². The van der Waals surface area contributed by atoms with Gasteiger partial charge in [0.2, 0.25) is 0 Å². The molecule has 56 valence electrons. The van der Waals surface area contributed by atoms with Crippen LogP contribution >= 0.6 is 0 Å². The summed E-state index contributed by atoms with van der Waals surface area (Å²) in [6.45, 7) is 0.169. The van der Waals surface area contributed by atoms with Crippen LogP contribution < -0.4 is 10.8 Å². The van der Waals surface area contributed by atoms with E-state index in [0.29, 0.717) is 0 Å². The lowest BCUT2D eigenvalue weighted by atomic mass is 10.5. The van der Waals surface area contributed by atoms with Gasteiger partial charge in [-0.2, -0.15) is 0 Å². The lowest BCUT2D eigenvalue weighted by Gasteiger charge is -1.92. The first-order valence-corrected chi connectivity index (χ1v) is 2.49. The second-order valence-electron chi connectivity index (χ2n) is 1.32. The second-order valence-corrected chi connectivity index (χ2v) is 1.32. The molecule has 0 rings (SSSR count). The summed E-state index contributed by atoms with van der Waals surface area (Å²) in [4.78, 5) is 9.41. The average Bonchev–Trinajstić information content (AvgIpc) is 1.67. The molecule has 4 nitrogen and oxygen atoms in total. The Labute approximate surface area is 54.6 Å². The van der Waals surface area contributed by atoms with Gasteiger partial charge in [0, 0.05) is 20.2 Å². The molecule has 0 saturated heterocycles. The van der Waals surface area contributed by atoms with Crippen LogP contribution in [0, 0.1) is 0 Å². The topological polar surface area (TPSA) is 75.4 Å². The summed E-state index contributed by atoms with van der Waals surface area (Å²) in [6.07, 6.45) is -0.0417. The number of hydrogen-bond donors (Lipinski definition) is 1. The highest BCUT2D eigenvalue weighted by atomic mass is 16.4. The molecule has 0 aromatic heterocycles. The molecule has 0 atom stereocenters. The van der Waals surface area contributed by atoms with Gasteiger partial charge in [0.15, 0.2) is 0 Å². The number of carbonyl (C=O) groups is 1. The second kappa shape index (κ2) is 10.4. The van der Waals surface area contributed by atoms with Gasteiger partial charge in [-0.1, -0.05) is 0 Å². The van der Waals surface area contributed by atoms with E-state index >= 15 is 0 Å². The Morgan fingerprint density at radius 3 is 2.00 bits per heavy atom. The van der Waals surface area contributed by atoms with E-state index in [9.17, 15) is 9.90 Å². The molecule has 0 aliphatic heterocycles. The normalized spacial score (nSPS) is 7.44. The Bertz CT molecular complexity index is 65.2. The Morgan fingerprint density at radius 1 is 1.67 bits per heavy atom. The Kier molecular flexibility index (Phi) is 13.0. The monoisotopic (exact) mass is 134 g/mol. The molecule has 2 N–H and O–H groups in total. The quantitative estimate of drug-likeness (QED) is 0.491. The zero-order valence-electron chi connectivity index (χ0n) is 5.72. The van der Waals surface area contributed by atoms with Crippen molar-refractivity contribution in [1.29, 1.82) is 0 Å². The molecule has 0 aliphatic carbocycles. The van der Waals surface area contributed by atoms with Crippen LogP contribution in [0.3, 0.4) is 0 Å². The minimum absolute atomic E-state index is 0.0417. The molecule has 0 amide bonds. The minimum Gasteiger partial charge on any atom is -0.550 e. The standard InChI is InChI=1S/C3H7NO2.C2H6O/c4-2-1-3(5)6;1-3-2/h1-2,4H2,(H,5,6);1-2H3/p-1. The first-order valence-electron chi connectivity index (χ1n) is 2.49. The van der Waals surface area contributed by atoms with Gasteiger partial charge in [-0.15, -0.1) is 0 Å². The van der Waals surface area contributed by atoms with Crippen molar-refractivity contribution in [3.05, 3.63) is 0 Å². The molecule has 0 aliphatic rings. The first kappa shape index (κ1) is 11.2. The minimum atomic E-state index is -1.09. The molecule has 0 unspecified atom stereocenters. The number of ether oxygens (including phenoxy) is 1. The molecule has 0 heterocycles. The van der Waals surface area contributed by atoms with E-state index in [1.807, 2.05) is 0 Å². The summed E-state index contributed by atoms with van der Waals surface area (Å²) >= 11 is 0. The fourth-order valence-electron chi connectivity index (χ4n) is 0.118. The maximum absolute atomic E-state index is 9.41. The van der Waals surface area contributed by atoms with E-state index in [1.54, 1.807) is 14.2 Å². The Balaban J connectivity index is 0. The highest BCUT2D eigenvalue weighted by Gasteiger charge is 1.75. The van der Waals surface area contributed by atoms with Crippen LogP contribution in [0.5, 0.6) is 0 Å². The van der Waals surface area contributed by atoms with Crippen molar-refractivity contribution in [2.75, 3.05) is 20.8 Å². The lowest BCUT2D eigenvalue weighted by molar-refractivity contribution is -0.305. The molecular formula is C5H12NO3-. The fourth-order valence-corrected chi connectivity index (χ4v) is 0.118. The van der Waals surface area contributed by atoms with Gasteiger partial charge in [0.05, 0.1) is 0 Å². The zero-order chi connectivity index (χ0) is 7.70. The Morgan fingerprint density at radius 2 is 2.00 bits per heavy atom. The largest absolute Gasteiger partial charge is 0.550 e. The molecule has 0 radical (unpaired) electrons. The van der Waals surface area contributed by atoms with E-state index in [0.717, 1.165) is 0 Å². The summed E-state index contributed by atoms with van der Waals surface area (Å²) in [5, 5.41) is 9.41. The van der Waals surface area contributed by atoms with Gasteiger partial charge in [0.1, 0.15) is 0 Å². The van der Waals surface area contributed by atoms with E-state index in [-0.39, 0.29) is 13.0 Å².